The minimum atomic E-state index is -4.04. The van der Waals surface area contributed by atoms with Crippen molar-refractivity contribution >= 4 is 32.6 Å². The van der Waals surface area contributed by atoms with E-state index >= 15 is 0 Å². The van der Waals surface area contributed by atoms with Crippen molar-refractivity contribution in [1.82, 2.24) is 9.97 Å². The zero-order chi connectivity index (χ0) is 26.0. The highest BCUT2D eigenvalue weighted by Crippen LogP contribution is 2.32. The zero-order valence-corrected chi connectivity index (χ0v) is 21.9. The molecule has 1 heterocycles. The van der Waals surface area contributed by atoms with Gasteiger partial charge in [-0.1, -0.05) is 44.4 Å². The third-order valence-corrected chi connectivity index (χ3v) is 8.41. The maximum absolute atomic E-state index is 14.1. The standard InChI is InChI=1S/C29H31FN4O2S/c1-3-20-16-21(17-22-18-31-29(33-28(20)22)32-23-9-5-4-6-10-23)25-14-13-24(15-19(25)2)34-37(35,36)27-12-8-7-11-26(27)30/h7-8,11-18,23,34H,3-6,9-10H2,1-2H3,(H,31,32,33). The number of nitrogens with zero attached hydrogens (tertiary/aromatic N) is 2. The molecule has 0 unspecified atom stereocenters. The Kier molecular flexibility index (Phi) is 7.11. The number of sulfonamides is 1. The molecule has 0 bridgehead atoms. The van der Waals surface area contributed by atoms with E-state index in [2.05, 4.69) is 34.1 Å². The van der Waals surface area contributed by atoms with Gasteiger partial charge in [-0.25, -0.2) is 22.8 Å². The third kappa shape index (κ3) is 5.44. The van der Waals surface area contributed by atoms with Gasteiger partial charge in [0.15, 0.2) is 0 Å². The summed E-state index contributed by atoms with van der Waals surface area (Å²) in [7, 11) is -4.04. The molecule has 0 spiro atoms. The van der Waals surface area contributed by atoms with E-state index in [9.17, 15) is 12.8 Å². The fourth-order valence-corrected chi connectivity index (χ4v) is 6.20. The summed E-state index contributed by atoms with van der Waals surface area (Å²) >= 11 is 0. The Balaban J connectivity index is 1.43. The van der Waals surface area contributed by atoms with Crippen LogP contribution < -0.4 is 10.0 Å². The monoisotopic (exact) mass is 518 g/mol. The Morgan fingerprint density at radius 1 is 1.03 bits per heavy atom. The number of hydrogen-bond acceptors (Lipinski definition) is 5. The molecule has 0 amide bonds. The Bertz CT molecular complexity index is 1550. The second kappa shape index (κ2) is 10.5. The number of halogens is 1. The molecule has 2 N–H and O–H groups in total. The smallest absolute Gasteiger partial charge is 0.264 e. The average molecular weight is 519 g/mol. The lowest BCUT2D eigenvalue weighted by Crippen LogP contribution is -2.23. The van der Waals surface area contributed by atoms with Gasteiger partial charge < -0.3 is 5.32 Å². The van der Waals surface area contributed by atoms with Gasteiger partial charge in [0.25, 0.3) is 10.0 Å². The number of aromatic nitrogens is 2. The lowest BCUT2D eigenvalue weighted by atomic mass is 9.95. The topological polar surface area (TPSA) is 84.0 Å². The van der Waals surface area contributed by atoms with E-state index in [4.69, 9.17) is 4.98 Å². The number of fused-ring (bicyclic) bond motifs is 1. The lowest BCUT2D eigenvalue weighted by Gasteiger charge is -2.22. The van der Waals surface area contributed by atoms with Gasteiger partial charge in [0, 0.05) is 23.3 Å². The SMILES string of the molecule is CCc1cc(-c2ccc(NS(=O)(=O)c3ccccc3F)cc2C)cc2cnc(NC3CCCCC3)nc12. The van der Waals surface area contributed by atoms with Crippen LogP contribution in [0.3, 0.4) is 0 Å². The Hall–Kier alpha value is -3.52. The third-order valence-electron chi connectivity index (χ3n) is 7.00. The molecule has 0 saturated heterocycles. The van der Waals surface area contributed by atoms with Crippen molar-refractivity contribution in [1.29, 1.82) is 0 Å². The van der Waals surface area contributed by atoms with E-state index in [1.165, 1.54) is 37.5 Å². The van der Waals surface area contributed by atoms with Gasteiger partial charge in [-0.2, -0.15) is 0 Å². The number of anilines is 2. The van der Waals surface area contributed by atoms with Gasteiger partial charge in [-0.3, -0.25) is 4.72 Å². The van der Waals surface area contributed by atoms with E-state index in [-0.39, 0.29) is 4.90 Å². The molecule has 37 heavy (non-hydrogen) atoms. The first-order valence-electron chi connectivity index (χ1n) is 12.8. The van der Waals surface area contributed by atoms with E-state index in [1.54, 1.807) is 12.1 Å². The van der Waals surface area contributed by atoms with Crippen LogP contribution in [0.25, 0.3) is 22.0 Å². The van der Waals surface area contributed by atoms with Gasteiger partial charge in [0.05, 0.1) is 5.52 Å². The summed E-state index contributed by atoms with van der Waals surface area (Å²) in [5, 5.41) is 4.48. The molecule has 6 nitrogen and oxygen atoms in total. The van der Waals surface area contributed by atoms with E-state index in [1.807, 2.05) is 19.2 Å². The minimum Gasteiger partial charge on any atom is -0.351 e. The van der Waals surface area contributed by atoms with Crippen LogP contribution in [0.1, 0.15) is 50.2 Å². The van der Waals surface area contributed by atoms with Crippen LogP contribution in [0, 0.1) is 12.7 Å². The van der Waals surface area contributed by atoms with Crippen LogP contribution in [-0.2, 0) is 16.4 Å². The van der Waals surface area contributed by atoms with Crippen LogP contribution in [0.5, 0.6) is 0 Å². The van der Waals surface area contributed by atoms with Crippen molar-refractivity contribution in [2.45, 2.75) is 63.3 Å². The lowest BCUT2D eigenvalue weighted by molar-refractivity contribution is 0.461. The van der Waals surface area contributed by atoms with Crippen molar-refractivity contribution in [2.75, 3.05) is 10.0 Å². The van der Waals surface area contributed by atoms with Crippen molar-refractivity contribution < 1.29 is 12.8 Å². The van der Waals surface area contributed by atoms with E-state index < -0.39 is 15.8 Å². The highest BCUT2D eigenvalue weighted by Gasteiger charge is 2.19. The predicted octanol–water partition coefficient (Wildman–Crippen LogP) is 6.85. The van der Waals surface area contributed by atoms with Crippen LogP contribution >= 0.6 is 0 Å². The van der Waals surface area contributed by atoms with Crippen LogP contribution in [0.15, 0.2) is 65.7 Å². The molecule has 0 atom stereocenters. The van der Waals surface area contributed by atoms with Crippen LogP contribution in [0.2, 0.25) is 0 Å². The molecule has 1 aromatic heterocycles. The molecule has 4 aromatic rings. The number of hydrogen-bond donors (Lipinski definition) is 2. The maximum Gasteiger partial charge on any atom is 0.264 e. The molecule has 1 aliphatic carbocycles. The molecule has 3 aromatic carbocycles. The molecule has 0 radical (unpaired) electrons. The molecule has 0 aliphatic heterocycles. The van der Waals surface area contributed by atoms with Gasteiger partial charge in [-0.05, 0) is 84.8 Å². The van der Waals surface area contributed by atoms with Crippen molar-refractivity contribution in [3.05, 3.63) is 77.7 Å². The summed E-state index contributed by atoms with van der Waals surface area (Å²) in [5.41, 5.74) is 5.35. The summed E-state index contributed by atoms with van der Waals surface area (Å²) in [5.74, 6) is -0.101. The summed E-state index contributed by atoms with van der Waals surface area (Å²) in [6.45, 7) is 4.04. The zero-order valence-electron chi connectivity index (χ0n) is 21.1. The molecule has 5 rings (SSSR count). The van der Waals surface area contributed by atoms with Gasteiger partial charge >= 0.3 is 0 Å². The number of nitrogens with one attached hydrogen (secondary N) is 2. The van der Waals surface area contributed by atoms with Crippen LogP contribution in [0.4, 0.5) is 16.0 Å². The first kappa shape index (κ1) is 25.1. The first-order valence-corrected chi connectivity index (χ1v) is 14.3. The molecule has 1 fully saturated rings. The van der Waals surface area contributed by atoms with E-state index in [0.717, 1.165) is 58.5 Å². The molecule has 8 heteroatoms. The van der Waals surface area contributed by atoms with E-state index in [0.29, 0.717) is 17.7 Å². The minimum absolute atomic E-state index is 0.378. The highest BCUT2D eigenvalue weighted by atomic mass is 32.2. The molecule has 1 saturated carbocycles. The van der Waals surface area contributed by atoms with Gasteiger partial charge in [-0.15, -0.1) is 0 Å². The largest absolute Gasteiger partial charge is 0.351 e. The van der Waals surface area contributed by atoms with Crippen molar-refractivity contribution in [3.63, 3.8) is 0 Å². The normalized spacial score (nSPS) is 14.6. The predicted molar refractivity (Wildman–Crippen MR) is 147 cm³/mol. The summed E-state index contributed by atoms with van der Waals surface area (Å²) in [4.78, 5) is 9.07. The Morgan fingerprint density at radius 3 is 2.54 bits per heavy atom. The fraction of sp³-hybridized carbons (Fsp3) is 0.310. The molecule has 1 aliphatic rings. The van der Waals surface area contributed by atoms with Gasteiger partial charge in [0.1, 0.15) is 10.7 Å². The van der Waals surface area contributed by atoms with Gasteiger partial charge in [0.2, 0.25) is 5.95 Å². The number of aryl methyl sites for hydroxylation is 2. The molecule has 192 valence electrons. The molecular formula is C29H31FN4O2S. The number of benzene rings is 3. The fourth-order valence-electron chi connectivity index (χ4n) is 5.07. The highest BCUT2D eigenvalue weighted by molar-refractivity contribution is 7.92. The summed E-state index contributed by atoms with van der Waals surface area (Å²) in [6.07, 6.45) is 8.82. The second-order valence-corrected chi connectivity index (χ2v) is 11.3. The maximum atomic E-state index is 14.1. The average Bonchev–Trinajstić information content (AvgIpc) is 2.89. The Morgan fingerprint density at radius 2 is 1.81 bits per heavy atom. The summed E-state index contributed by atoms with van der Waals surface area (Å²) < 4.78 is 42.0. The van der Waals surface area contributed by atoms with Crippen LogP contribution in [-0.4, -0.2) is 24.4 Å². The second-order valence-electron chi connectivity index (χ2n) is 9.67. The summed E-state index contributed by atoms with van der Waals surface area (Å²) in [6, 6.07) is 15.3. The van der Waals surface area contributed by atoms with Crippen molar-refractivity contribution in [3.8, 4) is 11.1 Å². The quantitative estimate of drug-likeness (QED) is 0.279. The van der Waals surface area contributed by atoms with Crippen molar-refractivity contribution in [2.24, 2.45) is 0 Å². The Labute approximate surface area is 217 Å². The first-order chi connectivity index (χ1) is 17.8. The molecular weight excluding hydrogens is 487 g/mol. The number of rotatable bonds is 7.